The molecule has 0 spiro atoms. The van der Waals surface area contributed by atoms with Crippen LogP contribution in [0, 0.1) is 4.91 Å². The molecule has 0 atom stereocenters. The maximum atomic E-state index is 10.8. The zero-order chi connectivity index (χ0) is 13.1. The molecule has 0 fully saturated rings. The standard InChI is InChI=1S/C16H12N2O/c19-18-16-11-10-15(13-8-4-5-9-14(13)16)17-12-6-2-1-3-7-12/h1-11,17H. The molecule has 3 aromatic carbocycles. The molecule has 3 nitrogen and oxygen atoms in total. The Labute approximate surface area is 110 Å². The quantitative estimate of drug-likeness (QED) is 0.664. The molecule has 0 heterocycles. The summed E-state index contributed by atoms with van der Waals surface area (Å²) in [6.07, 6.45) is 0. The van der Waals surface area contributed by atoms with Gasteiger partial charge in [0.05, 0.1) is 0 Å². The van der Waals surface area contributed by atoms with Crippen molar-refractivity contribution in [2.45, 2.75) is 0 Å². The zero-order valence-corrected chi connectivity index (χ0v) is 10.2. The summed E-state index contributed by atoms with van der Waals surface area (Å²) in [4.78, 5) is 10.8. The van der Waals surface area contributed by atoms with Crippen molar-refractivity contribution in [2.24, 2.45) is 5.18 Å². The molecule has 0 saturated carbocycles. The van der Waals surface area contributed by atoms with Gasteiger partial charge < -0.3 is 5.32 Å². The molecule has 3 rings (SSSR count). The minimum atomic E-state index is 0.467. The van der Waals surface area contributed by atoms with Crippen LogP contribution < -0.4 is 5.32 Å². The number of nitrogens with zero attached hydrogens (tertiary/aromatic N) is 1. The third-order valence-corrected chi connectivity index (χ3v) is 3.05. The maximum absolute atomic E-state index is 10.8. The lowest BCUT2D eigenvalue weighted by Gasteiger charge is -2.10. The highest BCUT2D eigenvalue weighted by Crippen LogP contribution is 2.33. The van der Waals surface area contributed by atoms with Crippen molar-refractivity contribution in [3.05, 3.63) is 71.6 Å². The number of nitrogens with one attached hydrogen (secondary N) is 1. The van der Waals surface area contributed by atoms with Crippen LogP contribution in [-0.2, 0) is 0 Å². The second-order valence-electron chi connectivity index (χ2n) is 4.26. The number of hydrogen-bond acceptors (Lipinski definition) is 3. The van der Waals surface area contributed by atoms with Gasteiger partial charge in [-0.3, -0.25) is 0 Å². The van der Waals surface area contributed by atoms with Gasteiger partial charge in [-0.25, -0.2) is 0 Å². The third-order valence-electron chi connectivity index (χ3n) is 3.05. The predicted molar refractivity (Wildman–Crippen MR) is 79.1 cm³/mol. The van der Waals surface area contributed by atoms with E-state index in [4.69, 9.17) is 0 Å². The first-order valence-electron chi connectivity index (χ1n) is 6.05. The molecule has 0 aliphatic rings. The highest BCUT2D eigenvalue weighted by Gasteiger charge is 2.05. The summed E-state index contributed by atoms with van der Waals surface area (Å²) in [6.45, 7) is 0. The number of benzene rings is 3. The van der Waals surface area contributed by atoms with E-state index in [-0.39, 0.29) is 0 Å². The van der Waals surface area contributed by atoms with Gasteiger partial charge >= 0.3 is 0 Å². The molecule has 0 aromatic heterocycles. The molecule has 0 bridgehead atoms. The number of rotatable bonds is 3. The van der Waals surface area contributed by atoms with E-state index in [9.17, 15) is 4.91 Å². The van der Waals surface area contributed by atoms with Crippen molar-refractivity contribution in [3.8, 4) is 0 Å². The monoisotopic (exact) mass is 248 g/mol. The Morgan fingerprint density at radius 3 is 2.16 bits per heavy atom. The molecule has 0 amide bonds. The van der Waals surface area contributed by atoms with Gasteiger partial charge in [0.2, 0.25) is 0 Å². The predicted octanol–water partition coefficient (Wildman–Crippen LogP) is 4.98. The topological polar surface area (TPSA) is 41.5 Å². The van der Waals surface area contributed by atoms with E-state index in [0.29, 0.717) is 5.69 Å². The summed E-state index contributed by atoms with van der Waals surface area (Å²) < 4.78 is 0. The molecule has 3 aromatic rings. The molecule has 0 aliphatic heterocycles. The highest BCUT2D eigenvalue weighted by atomic mass is 16.3. The van der Waals surface area contributed by atoms with E-state index in [2.05, 4.69) is 10.5 Å². The van der Waals surface area contributed by atoms with E-state index >= 15 is 0 Å². The fourth-order valence-electron chi connectivity index (χ4n) is 2.15. The Balaban J connectivity index is 2.12. The van der Waals surface area contributed by atoms with Gasteiger partial charge in [0.25, 0.3) is 0 Å². The lowest BCUT2D eigenvalue weighted by Crippen LogP contribution is -1.90. The van der Waals surface area contributed by atoms with Crippen molar-refractivity contribution in [3.63, 3.8) is 0 Å². The normalized spacial score (nSPS) is 10.3. The first-order chi connectivity index (χ1) is 9.38. The number of anilines is 2. The smallest absolute Gasteiger partial charge is 0.115 e. The number of nitroso groups, excluding NO2 is 1. The number of fused-ring (bicyclic) bond motifs is 1. The average molecular weight is 248 g/mol. The Kier molecular flexibility index (Phi) is 2.94. The molecular formula is C16H12N2O. The van der Waals surface area contributed by atoms with Gasteiger partial charge in [0.1, 0.15) is 5.69 Å². The fourth-order valence-corrected chi connectivity index (χ4v) is 2.15. The van der Waals surface area contributed by atoms with Crippen LogP contribution in [0.4, 0.5) is 17.1 Å². The van der Waals surface area contributed by atoms with E-state index in [1.807, 2.05) is 60.7 Å². The Morgan fingerprint density at radius 1 is 0.737 bits per heavy atom. The molecule has 3 heteroatoms. The van der Waals surface area contributed by atoms with Crippen LogP contribution in [0.1, 0.15) is 0 Å². The van der Waals surface area contributed by atoms with Gasteiger partial charge in [0, 0.05) is 22.1 Å². The van der Waals surface area contributed by atoms with Crippen LogP contribution in [0.5, 0.6) is 0 Å². The lowest BCUT2D eigenvalue weighted by atomic mass is 10.1. The lowest BCUT2D eigenvalue weighted by molar-refractivity contribution is 1.52. The first-order valence-corrected chi connectivity index (χ1v) is 6.05. The SMILES string of the molecule is O=Nc1ccc(Nc2ccccc2)c2ccccc12. The maximum Gasteiger partial charge on any atom is 0.115 e. The summed E-state index contributed by atoms with van der Waals surface area (Å²) in [5.41, 5.74) is 2.45. The van der Waals surface area contributed by atoms with Crippen LogP contribution >= 0.6 is 0 Å². The molecule has 19 heavy (non-hydrogen) atoms. The average Bonchev–Trinajstić information content (AvgIpc) is 2.49. The molecule has 0 saturated heterocycles. The largest absolute Gasteiger partial charge is 0.355 e. The molecule has 0 unspecified atom stereocenters. The Hall–Kier alpha value is -2.68. The molecular weight excluding hydrogens is 236 g/mol. The zero-order valence-electron chi connectivity index (χ0n) is 10.2. The van der Waals surface area contributed by atoms with Crippen molar-refractivity contribution >= 4 is 27.8 Å². The van der Waals surface area contributed by atoms with Gasteiger partial charge in [0.15, 0.2) is 0 Å². The van der Waals surface area contributed by atoms with Crippen molar-refractivity contribution in [1.29, 1.82) is 0 Å². The molecule has 92 valence electrons. The Bertz CT molecular complexity index is 723. The minimum absolute atomic E-state index is 0.467. The summed E-state index contributed by atoms with van der Waals surface area (Å²) in [5.74, 6) is 0. The third kappa shape index (κ3) is 2.18. The van der Waals surface area contributed by atoms with E-state index in [0.717, 1.165) is 22.1 Å². The first kappa shape index (κ1) is 11.4. The van der Waals surface area contributed by atoms with E-state index < -0.39 is 0 Å². The summed E-state index contributed by atoms with van der Waals surface area (Å²) in [7, 11) is 0. The van der Waals surface area contributed by atoms with E-state index in [1.165, 1.54) is 0 Å². The molecule has 1 N–H and O–H groups in total. The van der Waals surface area contributed by atoms with Crippen LogP contribution in [0.15, 0.2) is 71.9 Å². The second-order valence-corrected chi connectivity index (χ2v) is 4.26. The number of hydrogen-bond donors (Lipinski definition) is 1. The summed E-state index contributed by atoms with van der Waals surface area (Å²) >= 11 is 0. The summed E-state index contributed by atoms with van der Waals surface area (Å²) in [5, 5.41) is 8.27. The van der Waals surface area contributed by atoms with E-state index in [1.54, 1.807) is 6.07 Å². The van der Waals surface area contributed by atoms with Crippen LogP contribution in [0.3, 0.4) is 0 Å². The van der Waals surface area contributed by atoms with Crippen LogP contribution in [0.2, 0.25) is 0 Å². The van der Waals surface area contributed by atoms with Gasteiger partial charge in [-0.1, -0.05) is 42.5 Å². The van der Waals surface area contributed by atoms with Gasteiger partial charge in [-0.15, -0.1) is 4.91 Å². The van der Waals surface area contributed by atoms with Crippen molar-refractivity contribution in [2.75, 3.05) is 5.32 Å². The second kappa shape index (κ2) is 4.90. The summed E-state index contributed by atoms with van der Waals surface area (Å²) in [6, 6.07) is 21.3. The molecule has 0 aliphatic carbocycles. The van der Waals surface area contributed by atoms with Gasteiger partial charge in [-0.2, -0.15) is 0 Å². The van der Waals surface area contributed by atoms with Crippen LogP contribution in [-0.4, -0.2) is 0 Å². The minimum Gasteiger partial charge on any atom is -0.355 e. The van der Waals surface area contributed by atoms with Crippen molar-refractivity contribution < 1.29 is 0 Å². The van der Waals surface area contributed by atoms with Crippen molar-refractivity contribution in [1.82, 2.24) is 0 Å². The number of para-hydroxylation sites is 1. The fraction of sp³-hybridized carbons (Fsp3) is 0. The Morgan fingerprint density at radius 2 is 1.42 bits per heavy atom. The molecule has 0 radical (unpaired) electrons. The van der Waals surface area contributed by atoms with Crippen LogP contribution in [0.25, 0.3) is 10.8 Å². The highest BCUT2D eigenvalue weighted by molar-refractivity contribution is 6.01. The van der Waals surface area contributed by atoms with Gasteiger partial charge in [-0.05, 0) is 29.4 Å².